The first-order valence-corrected chi connectivity index (χ1v) is 10.3. The van der Waals surface area contributed by atoms with E-state index in [4.69, 9.17) is 4.74 Å². The predicted molar refractivity (Wildman–Crippen MR) is 108 cm³/mol. The minimum atomic E-state index is -0.127. The number of carbonyl (C=O) groups excluding carboxylic acids is 1. The van der Waals surface area contributed by atoms with Crippen molar-refractivity contribution in [3.63, 3.8) is 0 Å². The van der Waals surface area contributed by atoms with E-state index in [1.165, 1.54) is 6.42 Å². The molecule has 3 rings (SSSR count). The van der Waals surface area contributed by atoms with Gasteiger partial charge in [-0.05, 0) is 55.6 Å². The second-order valence-electron chi connectivity index (χ2n) is 9.17. The number of hydrogen-bond acceptors (Lipinski definition) is 4. The minimum Gasteiger partial charge on any atom is -0.493 e. The molecule has 0 radical (unpaired) electrons. The summed E-state index contributed by atoms with van der Waals surface area (Å²) >= 11 is 0. The zero-order chi connectivity index (χ0) is 19.4. The molecule has 0 aromatic heterocycles. The van der Waals surface area contributed by atoms with Crippen LogP contribution in [-0.2, 0) is 4.79 Å². The van der Waals surface area contributed by atoms with Crippen molar-refractivity contribution in [1.29, 1.82) is 0 Å². The van der Waals surface area contributed by atoms with E-state index >= 15 is 0 Å². The fraction of sp³-hybridized carbons (Fsp3) is 0.682. The molecule has 0 spiro atoms. The van der Waals surface area contributed by atoms with E-state index in [-0.39, 0.29) is 11.9 Å². The lowest BCUT2D eigenvalue weighted by atomic mass is 9.66. The summed E-state index contributed by atoms with van der Waals surface area (Å²) in [5, 5.41) is 3.09. The molecule has 4 unspecified atom stereocenters. The van der Waals surface area contributed by atoms with Crippen LogP contribution in [0.15, 0.2) is 24.3 Å². The fourth-order valence-electron chi connectivity index (χ4n) is 4.40. The molecular formula is C22H35N3O2. The SMILES string of the molecule is Cc1ccccc1OCCCNC(=O)C1NNC2CCC(C(C)(C)C)CC21. The van der Waals surface area contributed by atoms with Gasteiger partial charge in [-0.15, -0.1) is 0 Å². The molecule has 4 atom stereocenters. The normalized spacial score (nSPS) is 27.9. The third-order valence-electron chi connectivity index (χ3n) is 6.23. The van der Waals surface area contributed by atoms with Gasteiger partial charge >= 0.3 is 0 Å². The Hall–Kier alpha value is -1.59. The monoisotopic (exact) mass is 373 g/mol. The highest BCUT2D eigenvalue weighted by Crippen LogP contribution is 2.42. The summed E-state index contributed by atoms with van der Waals surface area (Å²) in [4.78, 5) is 12.7. The van der Waals surface area contributed by atoms with Crippen molar-refractivity contribution in [2.24, 2.45) is 17.3 Å². The molecular weight excluding hydrogens is 338 g/mol. The summed E-state index contributed by atoms with van der Waals surface area (Å²) in [6.45, 7) is 10.2. The second-order valence-corrected chi connectivity index (χ2v) is 9.17. The maximum absolute atomic E-state index is 12.7. The van der Waals surface area contributed by atoms with Crippen molar-refractivity contribution in [2.45, 2.75) is 65.5 Å². The predicted octanol–water partition coefficient (Wildman–Crippen LogP) is 3.19. The highest BCUT2D eigenvalue weighted by Gasteiger charge is 2.45. The van der Waals surface area contributed by atoms with Crippen LogP contribution in [0.25, 0.3) is 0 Å². The summed E-state index contributed by atoms with van der Waals surface area (Å²) < 4.78 is 5.80. The maximum Gasteiger partial charge on any atom is 0.238 e. The average Bonchev–Trinajstić information content (AvgIpc) is 3.05. The zero-order valence-electron chi connectivity index (χ0n) is 17.2. The summed E-state index contributed by atoms with van der Waals surface area (Å²) in [5.41, 5.74) is 8.05. The molecule has 1 saturated heterocycles. The van der Waals surface area contributed by atoms with Gasteiger partial charge in [0.25, 0.3) is 0 Å². The smallest absolute Gasteiger partial charge is 0.238 e. The van der Waals surface area contributed by atoms with E-state index < -0.39 is 0 Å². The number of aryl methyl sites for hydroxylation is 1. The topological polar surface area (TPSA) is 62.4 Å². The van der Waals surface area contributed by atoms with Crippen LogP contribution in [0.4, 0.5) is 0 Å². The number of carbonyl (C=O) groups is 1. The fourth-order valence-corrected chi connectivity index (χ4v) is 4.40. The Morgan fingerprint density at radius 1 is 1.22 bits per heavy atom. The molecule has 1 aromatic rings. The van der Waals surface area contributed by atoms with Gasteiger partial charge in [0.2, 0.25) is 5.91 Å². The number of rotatable bonds is 6. The standard InChI is InChI=1S/C22H35N3O2/c1-15-8-5-6-9-19(15)27-13-7-12-23-21(26)20-17-14-16(22(2,3)4)10-11-18(17)24-25-20/h5-6,8-9,16-18,20,24-25H,7,10-14H2,1-4H3,(H,23,26). The highest BCUT2D eigenvalue weighted by atomic mass is 16.5. The van der Waals surface area contributed by atoms with Crippen LogP contribution in [0, 0.1) is 24.2 Å². The molecule has 1 amide bonds. The lowest BCUT2D eigenvalue weighted by Crippen LogP contribution is -2.47. The van der Waals surface area contributed by atoms with Gasteiger partial charge in [0.05, 0.1) is 6.61 Å². The van der Waals surface area contributed by atoms with Crippen LogP contribution in [0.1, 0.15) is 52.0 Å². The lowest BCUT2D eigenvalue weighted by molar-refractivity contribution is -0.124. The van der Waals surface area contributed by atoms with E-state index in [0.29, 0.717) is 36.4 Å². The van der Waals surface area contributed by atoms with Crippen molar-refractivity contribution in [3.05, 3.63) is 29.8 Å². The van der Waals surface area contributed by atoms with E-state index in [2.05, 4.69) is 36.9 Å². The lowest BCUT2D eigenvalue weighted by Gasteiger charge is -2.39. The number of para-hydroxylation sites is 1. The molecule has 5 heteroatoms. The molecule has 27 heavy (non-hydrogen) atoms. The summed E-state index contributed by atoms with van der Waals surface area (Å²) in [5.74, 6) is 2.09. The Balaban J connectivity index is 1.42. The quantitative estimate of drug-likeness (QED) is 0.670. The molecule has 0 bridgehead atoms. The first-order valence-electron chi connectivity index (χ1n) is 10.3. The largest absolute Gasteiger partial charge is 0.493 e. The average molecular weight is 374 g/mol. The van der Waals surface area contributed by atoms with Gasteiger partial charge in [-0.3, -0.25) is 10.2 Å². The first-order chi connectivity index (χ1) is 12.9. The Kier molecular flexibility index (Phi) is 6.43. The van der Waals surface area contributed by atoms with Crippen LogP contribution in [0.2, 0.25) is 0 Å². The Morgan fingerprint density at radius 2 is 2.00 bits per heavy atom. The van der Waals surface area contributed by atoms with Crippen molar-refractivity contribution < 1.29 is 9.53 Å². The van der Waals surface area contributed by atoms with Gasteiger partial charge in [-0.1, -0.05) is 39.0 Å². The molecule has 1 aliphatic carbocycles. The third kappa shape index (κ3) is 5.02. The van der Waals surface area contributed by atoms with Crippen LogP contribution in [-0.4, -0.2) is 31.1 Å². The van der Waals surface area contributed by atoms with Crippen molar-refractivity contribution in [1.82, 2.24) is 16.2 Å². The van der Waals surface area contributed by atoms with Crippen LogP contribution in [0.3, 0.4) is 0 Å². The number of fused-ring (bicyclic) bond motifs is 1. The van der Waals surface area contributed by atoms with Gasteiger partial charge in [0, 0.05) is 18.5 Å². The van der Waals surface area contributed by atoms with E-state index in [0.717, 1.165) is 30.6 Å². The molecule has 1 aromatic carbocycles. The second kappa shape index (κ2) is 8.61. The number of nitrogens with one attached hydrogen (secondary N) is 3. The van der Waals surface area contributed by atoms with Gasteiger partial charge < -0.3 is 10.1 Å². The number of ether oxygens (including phenoxy) is 1. The molecule has 3 N–H and O–H groups in total. The van der Waals surface area contributed by atoms with Crippen molar-refractivity contribution in [2.75, 3.05) is 13.2 Å². The Bertz CT molecular complexity index is 641. The van der Waals surface area contributed by atoms with E-state index in [9.17, 15) is 4.79 Å². The van der Waals surface area contributed by atoms with Crippen molar-refractivity contribution in [3.8, 4) is 5.75 Å². The Morgan fingerprint density at radius 3 is 2.74 bits per heavy atom. The summed E-state index contributed by atoms with van der Waals surface area (Å²) in [6, 6.07) is 8.31. The molecule has 5 nitrogen and oxygen atoms in total. The number of hydrogen-bond donors (Lipinski definition) is 3. The summed E-state index contributed by atoms with van der Waals surface area (Å²) in [6.07, 6.45) is 4.30. The Labute approximate surface area is 163 Å². The molecule has 1 heterocycles. The third-order valence-corrected chi connectivity index (χ3v) is 6.23. The number of benzene rings is 1. The first kappa shape index (κ1) is 20.2. The molecule has 2 fully saturated rings. The van der Waals surface area contributed by atoms with Gasteiger partial charge in [0.1, 0.15) is 11.8 Å². The van der Waals surface area contributed by atoms with E-state index in [1.54, 1.807) is 0 Å². The van der Waals surface area contributed by atoms with Crippen molar-refractivity contribution >= 4 is 5.91 Å². The van der Waals surface area contributed by atoms with Gasteiger partial charge in [0.15, 0.2) is 0 Å². The summed E-state index contributed by atoms with van der Waals surface area (Å²) in [7, 11) is 0. The molecule has 2 aliphatic rings. The highest BCUT2D eigenvalue weighted by molar-refractivity contribution is 5.82. The van der Waals surface area contributed by atoms with Crippen LogP contribution < -0.4 is 20.9 Å². The van der Waals surface area contributed by atoms with Gasteiger partial charge in [-0.2, -0.15) is 0 Å². The molecule has 1 saturated carbocycles. The van der Waals surface area contributed by atoms with Crippen LogP contribution >= 0.6 is 0 Å². The zero-order valence-corrected chi connectivity index (χ0v) is 17.2. The van der Waals surface area contributed by atoms with Gasteiger partial charge in [-0.25, -0.2) is 5.43 Å². The minimum absolute atomic E-state index is 0.112. The number of hydrazine groups is 1. The van der Waals surface area contributed by atoms with E-state index in [1.807, 2.05) is 31.2 Å². The van der Waals surface area contributed by atoms with Crippen LogP contribution in [0.5, 0.6) is 5.75 Å². The maximum atomic E-state index is 12.7. The molecule has 150 valence electrons. The molecule has 1 aliphatic heterocycles. The number of amides is 1.